The van der Waals surface area contributed by atoms with Gasteiger partial charge in [-0.15, -0.1) is 0 Å². The van der Waals surface area contributed by atoms with Crippen LogP contribution in [0.1, 0.15) is 12.6 Å². The van der Waals surface area contributed by atoms with Crippen LogP contribution >= 0.6 is 22.6 Å². The molecule has 2 heterocycles. The van der Waals surface area contributed by atoms with E-state index in [0.717, 1.165) is 21.5 Å². The molecule has 0 aliphatic heterocycles. The van der Waals surface area contributed by atoms with Crippen LogP contribution in [0.15, 0.2) is 23.1 Å². The number of hydrogen-bond donors (Lipinski definition) is 0. The van der Waals surface area contributed by atoms with Crippen molar-refractivity contribution in [2.75, 3.05) is 0 Å². The minimum absolute atomic E-state index is 0.0720. The first-order valence-corrected chi connectivity index (χ1v) is 5.87. The Balaban J connectivity index is 2.96. The Morgan fingerprint density at radius 2 is 2.20 bits per heavy atom. The zero-order chi connectivity index (χ0) is 11.0. The molecule has 15 heavy (non-hydrogen) atoms. The lowest BCUT2D eigenvalue weighted by molar-refractivity contribution is 0.772. The van der Waals surface area contributed by atoms with Gasteiger partial charge in [0.2, 0.25) is 5.43 Å². The van der Waals surface area contributed by atoms with E-state index in [2.05, 4.69) is 27.6 Å². The minimum atomic E-state index is 0.0720. The van der Waals surface area contributed by atoms with Crippen LogP contribution in [0.2, 0.25) is 0 Å². The molecular weight excluding hydrogens is 303 g/mol. The van der Waals surface area contributed by atoms with Gasteiger partial charge in [0, 0.05) is 18.4 Å². The van der Waals surface area contributed by atoms with Gasteiger partial charge in [0.25, 0.3) is 0 Å². The molecule has 2 rings (SSSR count). The minimum Gasteiger partial charge on any atom is -0.331 e. The predicted octanol–water partition coefficient (Wildman–Crippen LogP) is 2.33. The molecule has 3 nitrogen and oxygen atoms in total. The molecular formula is C11H11IN2O. The molecule has 0 aliphatic rings. The monoisotopic (exact) mass is 314 g/mol. The van der Waals surface area contributed by atoms with Crippen molar-refractivity contribution < 1.29 is 0 Å². The largest absolute Gasteiger partial charge is 0.331 e. The molecule has 0 fully saturated rings. The van der Waals surface area contributed by atoms with E-state index in [1.807, 2.05) is 36.7 Å². The zero-order valence-corrected chi connectivity index (χ0v) is 10.8. The van der Waals surface area contributed by atoms with E-state index < -0.39 is 0 Å². The highest BCUT2D eigenvalue weighted by atomic mass is 127. The summed E-state index contributed by atoms with van der Waals surface area (Å²) in [6.45, 7) is 4.80. The van der Waals surface area contributed by atoms with Crippen molar-refractivity contribution in [3.8, 4) is 0 Å². The van der Waals surface area contributed by atoms with Gasteiger partial charge in [-0.2, -0.15) is 0 Å². The molecule has 0 radical (unpaired) electrons. The highest BCUT2D eigenvalue weighted by molar-refractivity contribution is 14.1. The molecule has 2 aromatic heterocycles. The summed E-state index contributed by atoms with van der Waals surface area (Å²) in [5.74, 6) is 0. The van der Waals surface area contributed by atoms with E-state index in [4.69, 9.17) is 0 Å². The van der Waals surface area contributed by atoms with Crippen LogP contribution in [-0.2, 0) is 6.54 Å². The Labute approximate surface area is 101 Å². The lowest BCUT2D eigenvalue weighted by Gasteiger charge is -2.08. The zero-order valence-electron chi connectivity index (χ0n) is 8.62. The van der Waals surface area contributed by atoms with Crippen molar-refractivity contribution in [1.82, 2.24) is 9.55 Å². The fourth-order valence-electron chi connectivity index (χ4n) is 1.57. The highest BCUT2D eigenvalue weighted by Crippen LogP contribution is 2.11. The SMILES string of the molecule is CCn1cc(I)c(=O)c2ccc(C)nc21. The smallest absolute Gasteiger partial charge is 0.204 e. The van der Waals surface area contributed by atoms with E-state index in [9.17, 15) is 4.79 Å². The van der Waals surface area contributed by atoms with E-state index in [-0.39, 0.29) is 5.43 Å². The summed E-state index contributed by atoms with van der Waals surface area (Å²) in [5, 5.41) is 0.703. The molecule has 2 aromatic rings. The Morgan fingerprint density at radius 1 is 1.47 bits per heavy atom. The van der Waals surface area contributed by atoms with E-state index in [1.165, 1.54) is 0 Å². The van der Waals surface area contributed by atoms with Gasteiger partial charge < -0.3 is 4.57 Å². The van der Waals surface area contributed by atoms with Gasteiger partial charge in [0.1, 0.15) is 5.65 Å². The molecule has 0 N–H and O–H groups in total. The normalized spacial score (nSPS) is 10.9. The summed E-state index contributed by atoms with van der Waals surface area (Å²) in [5.41, 5.74) is 1.79. The first kappa shape index (κ1) is 10.6. The Kier molecular flexibility index (Phi) is 2.77. The number of rotatable bonds is 1. The first-order valence-electron chi connectivity index (χ1n) is 4.79. The van der Waals surface area contributed by atoms with Gasteiger partial charge in [-0.05, 0) is 48.6 Å². The highest BCUT2D eigenvalue weighted by Gasteiger charge is 2.07. The van der Waals surface area contributed by atoms with Crippen molar-refractivity contribution >= 4 is 33.6 Å². The maximum Gasteiger partial charge on any atom is 0.204 e. The Morgan fingerprint density at radius 3 is 2.87 bits per heavy atom. The lowest BCUT2D eigenvalue weighted by atomic mass is 10.2. The van der Waals surface area contributed by atoms with Crippen LogP contribution in [0.4, 0.5) is 0 Å². The molecule has 78 valence electrons. The van der Waals surface area contributed by atoms with Gasteiger partial charge in [-0.25, -0.2) is 4.98 Å². The molecule has 0 bridgehead atoms. The third-order valence-corrected chi connectivity index (χ3v) is 3.13. The van der Waals surface area contributed by atoms with Crippen molar-refractivity contribution in [1.29, 1.82) is 0 Å². The van der Waals surface area contributed by atoms with Crippen molar-refractivity contribution in [2.45, 2.75) is 20.4 Å². The molecule has 0 unspecified atom stereocenters. The van der Waals surface area contributed by atoms with Crippen molar-refractivity contribution in [3.05, 3.63) is 37.8 Å². The summed E-state index contributed by atoms with van der Waals surface area (Å²) in [6, 6.07) is 3.73. The van der Waals surface area contributed by atoms with Gasteiger partial charge in [0.15, 0.2) is 0 Å². The number of hydrogen-bond acceptors (Lipinski definition) is 2. The van der Waals surface area contributed by atoms with Gasteiger partial charge in [-0.1, -0.05) is 0 Å². The second-order valence-electron chi connectivity index (χ2n) is 3.42. The fraction of sp³-hybridized carbons (Fsp3) is 0.273. The molecule has 0 atom stereocenters. The van der Waals surface area contributed by atoms with Gasteiger partial charge >= 0.3 is 0 Å². The molecule has 0 aliphatic carbocycles. The van der Waals surface area contributed by atoms with Crippen LogP contribution in [0.25, 0.3) is 11.0 Å². The first-order chi connectivity index (χ1) is 7.13. The quantitative estimate of drug-likeness (QED) is 0.757. The molecule has 0 aromatic carbocycles. The molecule has 0 amide bonds. The third-order valence-electron chi connectivity index (χ3n) is 2.36. The van der Waals surface area contributed by atoms with Crippen LogP contribution in [0.5, 0.6) is 0 Å². The van der Waals surface area contributed by atoms with Crippen molar-refractivity contribution in [2.24, 2.45) is 0 Å². The maximum absolute atomic E-state index is 11.8. The summed E-state index contributed by atoms with van der Waals surface area (Å²) in [4.78, 5) is 16.3. The van der Waals surface area contributed by atoms with Crippen LogP contribution in [0, 0.1) is 10.5 Å². The summed E-state index contributed by atoms with van der Waals surface area (Å²) < 4.78 is 2.75. The second kappa shape index (κ2) is 3.92. The number of nitrogens with zero attached hydrogens (tertiary/aromatic N) is 2. The van der Waals surface area contributed by atoms with E-state index in [1.54, 1.807) is 0 Å². The lowest BCUT2D eigenvalue weighted by Crippen LogP contribution is -2.13. The molecule has 0 spiro atoms. The third kappa shape index (κ3) is 1.78. The molecule has 0 saturated carbocycles. The van der Waals surface area contributed by atoms with Crippen LogP contribution in [0.3, 0.4) is 0 Å². The number of aryl methyl sites for hydroxylation is 2. The van der Waals surface area contributed by atoms with E-state index in [0.29, 0.717) is 5.39 Å². The summed E-state index contributed by atoms with van der Waals surface area (Å²) in [6.07, 6.45) is 1.86. The van der Waals surface area contributed by atoms with Crippen molar-refractivity contribution in [3.63, 3.8) is 0 Å². The van der Waals surface area contributed by atoms with Crippen LogP contribution < -0.4 is 5.43 Å². The Bertz CT molecular complexity index is 575. The second-order valence-corrected chi connectivity index (χ2v) is 4.58. The Hall–Kier alpha value is -0.910. The maximum atomic E-state index is 11.8. The predicted molar refractivity (Wildman–Crippen MR) is 69.1 cm³/mol. The molecule has 0 saturated heterocycles. The van der Waals surface area contributed by atoms with Gasteiger partial charge in [0.05, 0.1) is 8.96 Å². The standard InChI is InChI=1S/C11H11IN2O/c1-3-14-6-9(12)10(15)8-5-4-7(2)13-11(8)14/h4-6H,3H2,1-2H3. The van der Waals surface area contributed by atoms with Gasteiger partial charge in [-0.3, -0.25) is 4.79 Å². The summed E-state index contributed by atoms with van der Waals surface area (Å²) >= 11 is 2.07. The average molecular weight is 314 g/mol. The molecule has 4 heteroatoms. The fourth-order valence-corrected chi connectivity index (χ4v) is 2.19. The number of pyridine rings is 2. The van der Waals surface area contributed by atoms with Crippen LogP contribution in [-0.4, -0.2) is 9.55 Å². The van der Waals surface area contributed by atoms with E-state index >= 15 is 0 Å². The number of halogens is 1. The topological polar surface area (TPSA) is 34.9 Å². The average Bonchev–Trinajstić information content (AvgIpc) is 2.23. The number of fused-ring (bicyclic) bond motifs is 1. The summed E-state index contributed by atoms with van der Waals surface area (Å²) in [7, 11) is 0. The number of aromatic nitrogens is 2.